The van der Waals surface area contributed by atoms with Gasteiger partial charge in [-0.15, -0.1) is 11.8 Å². The van der Waals surface area contributed by atoms with Gasteiger partial charge in [-0.3, -0.25) is 9.18 Å². The lowest BCUT2D eigenvalue weighted by Gasteiger charge is -2.10. The van der Waals surface area contributed by atoms with E-state index in [4.69, 9.17) is 4.74 Å². The molecule has 0 rings (SSSR count). The Balaban J connectivity index is 3.42. The summed E-state index contributed by atoms with van der Waals surface area (Å²) in [4.78, 5) is 11.4. The number of hydrogen-bond acceptors (Lipinski definition) is 3. The van der Waals surface area contributed by atoms with Crippen LogP contribution in [0.1, 0.15) is 39.5 Å². The standard InChI is InChI=1S/C11H21FO2S/c1-3-4-8-14-11(13)10(2)15-9-6-5-7-12/h10H,3-9H2,1-2H3. The molecule has 0 amide bonds. The normalized spacial score (nSPS) is 12.5. The van der Waals surface area contributed by atoms with Crippen LogP contribution in [-0.4, -0.2) is 30.3 Å². The van der Waals surface area contributed by atoms with E-state index in [1.165, 1.54) is 0 Å². The highest BCUT2D eigenvalue weighted by Gasteiger charge is 2.13. The molecule has 0 aliphatic heterocycles. The van der Waals surface area contributed by atoms with E-state index in [2.05, 4.69) is 6.92 Å². The van der Waals surface area contributed by atoms with Crippen LogP contribution in [0.2, 0.25) is 0 Å². The third-order valence-electron chi connectivity index (χ3n) is 1.97. The molecule has 0 fully saturated rings. The van der Waals surface area contributed by atoms with E-state index in [1.54, 1.807) is 11.8 Å². The van der Waals surface area contributed by atoms with Crippen LogP contribution >= 0.6 is 11.8 Å². The van der Waals surface area contributed by atoms with Gasteiger partial charge >= 0.3 is 5.97 Å². The van der Waals surface area contributed by atoms with Crippen LogP contribution in [0, 0.1) is 0 Å². The van der Waals surface area contributed by atoms with Gasteiger partial charge in [-0.05, 0) is 31.9 Å². The summed E-state index contributed by atoms with van der Waals surface area (Å²) in [5.41, 5.74) is 0. The summed E-state index contributed by atoms with van der Waals surface area (Å²) >= 11 is 1.54. The number of halogens is 1. The number of hydrogen-bond donors (Lipinski definition) is 0. The molecule has 15 heavy (non-hydrogen) atoms. The van der Waals surface area contributed by atoms with Crippen molar-refractivity contribution in [1.29, 1.82) is 0 Å². The quantitative estimate of drug-likeness (QED) is 0.454. The number of alkyl halides is 1. The highest BCUT2D eigenvalue weighted by Crippen LogP contribution is 2.14. The molecule has 0 heterocycles. The Morgan fingerprint density at radius 1 is 1.40 bits per heavy atom. The minimum atomic E-state index is -0.268. The first-order valence-electron chi connectivity index (χ1n) is 5.56. The molecule has 0 aromatic carbocycles. The Labute approximate surface area is 96.0 Å². The van der Waals surface area contributed by atoms with Gasteiger partial charge in [0.25, 0.3) is 0 Å². The molecule has 0 radical (unpaired) electrons. The first-order valence-corrected chi connectivity index (χ1v) is 6.61. The lowest BCUT2D eigenvalue weighted by atomic mass is 10.4. The van der Waals surface area contributed by atoms with Crippen LogP contribution in [0.4, 0.5) is 4.39 Å². The van der Waals surface area contributed by atoms with Gasteiger partial charge in [0.1, 0.15) is 0 Å². The van der Waals surface area contributed by atoms with Crippen LogP contribution < -0.4 is 0 Å². The average Bonchev–Trinajstić information content (AvgIpc) is 2.24. The fourth-order valence-electron chi connectivity index (χ4n) is 0.959. The maximum Gasteiger partial charge on any atom is 0.318 e. The maximum atomic E-state index is 11.8. The number of unbranched alkanes of at least 4 members (excludes halogenated alkanes) is 2. The predicted molar refractivity (Wildman–Crippen MR) is 63.0 cm³/mol. The summed E-state index contributed by atoms with van der Waals surface area (Å²) in [7, 11) is 0. The summed E-state index contributed by atoms with van der Waals surface area (Å²) in [5.74, 6) is 0.683. The van der Waals surface area contributed by atoms with Gasteiger partial charge in [-0.25, -0.2) is 0 Å². The Bertz CT molecular complexity index is 165. The van der Waals surface area contributed by atoms with Crippen molar-refractivity contribution in [2.75, 3.05) is 19.0 Å². The molecular formula is C11H21FO2S. The second-order valence-electron chi connectivity index (χ2n) is 3.43. The molecule has 0 N–H and O–H groups in total. The van der Waals surface area contributed by atoms with E-state index >= 15 is 0 Å². The van der Waals surface area contributed by atoms with Gasteiger partial charge in [0.15, 0.2) is 0 Å². The molecule has 0 aliphatic carbocycles. The number of thioether (sulfide) groups is 1. The zero-order valence-electron chi connectivity index (χ0n) is 9.63. The van der Waals surface area contributed by atoms with Crippen molar-refractivity contribution in [3.8, 4) is 0 Å². The summed E-state index contributed by atoms with van der Waals surface area (Å²) in [5, 5.41) is -0.124. The predicted octanol–water partition coefficient (Wildman–Crippen LogP) is 3.20. The van der Waals surface area contributed by atoms with Gasteiger partial charge in [0, 0.05) is 0 Å². The second-order valence-corrected chi connectivity index (χ2v) is 4.88. The van der Waals surface area contributed by atoms with Crippen molar-refractivity contribution in [1.82, 2.24) is 0 Å². The molecule has 1 unspecified atom stereocenters. The molecule has 0 aliphatic rings. The molecule has 2 nitrogen and oxygen atoms in total. The van der Waals surface area contributed by atoms with Crippen molar-refractivity contribution in [3.05, 3.63) is 0 Å². The molecule has 4 heteroatoms. The van der Waals surface area contributed by atoms with Crippen molar-refractivity contribution < 1.29 is 13.9 Å². The van der Waals surface area contributed by atoms with Gasteiger partial charge in [-0.2, -0.15) is 0 Å². The number of esters is 1. The summed E-state index contributed by atoms with van der Waals surface area (Å²) in [6.07, 6.45) is 3.37. The van der Waals surface area contributed by atoms with E-state index in [0.717, 1.165) is 25.0 Å². The number of carbonyl (C=O) groups excluding carboxylic acids is 1. The van der Waals surface area contributed by atoms with Crippen molar-refractivity contribution in [2.24, 2.45) is 0 Å². The number of ether oxygens (including phenoxy) is 1. The molecule has 0 saturated heterocycles. The Hall–Kier alpha value is -0.250. The highest BCUT2D eigenvalue weighted by atomic mass is 32.2. The van der Waals surface area contributed by atoms with Crippen molar-refractivity contribution >= 4 is 17.7 Å². The Kier molecular flexibility index (Phi) is 10.1. The first kappa shape index (κ1) is 14.8. The van der Waals surface area contributed by atoms with Crippen LogP contribution in [0.25, 0.3) is 0 Å². The van der Waals surface area contributed by atoms with E-state index in [-0.39, 0.29) is 17.9 Å². The lowest BCUT2D eigenvalue weighted by molar-refractivity contribution is -0.142. The minimum absolute atomic E-state index is 0.124. The van der Waals surface area contributed by atoms with Crippen LogP contribution in [-0.2, 0) is 9.53 Å². The molecule has 90 valence electrons. The second kappa shape index (κ2) is 10.3. The van der Waals surface area contributed by atoms with E-state index in [0.29, 0.717) is 13.0 Å². The minimum Gasteiger partial charge on any atom is -0.465 e. The molecule has 0 aromatic heterocycles. The smallest absolute Gasteiger partial charge is 0.318 e. The third kappa shape index (κ3) is 8.73. The van der Waals surface area contributed by atoms with Gasteiger partial charge in [-0.1, -0.05) is 13.3 Å². The first-order chi connectivity index (χ1) is 7.22. The fourth-order valence-corrected chi connectivity index (χ4v) is 1.89. The van der Waals surface area contributed by atoms with Gasteiger partial charge in [0.05, 0.1) is 18.5 Å². The summed E-state index contributed by atoms with van der Waals surface area (Å²) < 4.78 is 16.8. The zero-order chi connectivity index (χ0) is 11.5. The lowest BCUT2D eigenvalue weighted by Crippen LogP contribution is -2.18. The van der Waals surface area contributed by atoms with Gasteiger partial charge < -0.3 is 4.74 Å². The average molecular weight is 236 g/mol. The van der Waals surface area contributed by atoms with Crippen LogP contribution in [0.5, 0.6) is 0 Å². The van der Waals surface area contributed by atoms with E-state index < -0.39 is 0 Å². The summed E-state index contributed by atoms with van der Waals surface area (Å²) in [6.45, 7) is 4.15. The van der Waals surface area contributed by atoms with Crippen LogP contribution in [0.15, 0.2) is 0 Å². The SMILES string of the molecule is CCCCOC(=O)C(C)SCCCCF. The Morgan fingerprint density at radius 3 is 2.73 bits per heavy atom. The fraction of sp³-hybridized carbons (Fsp3) is 0.909. The number of carbonyl (C=O) groups is 1. The molecule has 0 spiro atoms. The highest BCUT2D eigenvalue weighted by molar-refractivity contribution is 8.00. The van der Waals surface area contributed by atoms with E-state index in [1.807, 2.05) is 6.92 Å². The largest absolute Gasteiger partial charge is 0.465 e. The van der Waals surface area contributed by atoms with Gasteiger partial charge in [0.2, 0.25) is 0 Å². The Morgan fingerprint density at radius 2 is 2.13 bits per heavy atom. The number of rotatable bonds is 9. The van der Waals surface area contributed by atoms with E-state index in [9.17, 15) is 9.18 Å². The molecule has 1 atom stereocenters. The maximum absolute atomic E-state index is 11.8. The molecule has 0 aromatic rings. The topological polar surface area (TPSA) is 26.3 Å². The monoisotopic (exact) mass is 236 g/mol. The summed E-state index contributed by atoms with van der Waals surface area (Å²) in [6, 6.07) is 0. The molecule has 0 bridgehead atoms. The van der Waals surface area contributed by atoms with Crippen molar-refractivity contribution in [2.45, 2.75) is 44.8 Å². The molecular weight excluding hydrogens is 215 g/mol. The van der Waals surface area contributed by atoms with Crippen molar-refractivity contribution in [3.63, 3.8) is 0 Å². The zero-order valence-corrected chi connectivity index (χ0v) is 10.4. The third-order valence-corrected chi connectivity index (χ3v) is 3.19. The molecule has 0 saturated carbocycles. The van der Waals surface area contributed by atoms with Crippen LogP contribution in [0.3, 0.4) is 0 Å².